The molecule has 0 bridgehead atoms. The lowest BCUT2D eigenvalue weighted by atomic mass is 10.1. The van der Waals surface area contributed by atoms with Crippen molar-refractivity contribution >= 4 is 22.9 Å². The Kier molecular flexibility index (Phi) is 3.34. The number of carbonyl (C=O) groups is 1. The number of aldehydes is 1. The van der Waals surface area contributed by atoms with Crippen LogP contribution in [0.15, 0.2) is 24.3 Å². The van der Waals surface area contributed by atoms with Crippen LogP contribution in [-0.4, -0.2) is 30.5 Å². The molecule has 1 atom stereocenters. The fraction of sp³-hybridized carbons (Fsp3) is 0.333. The first-order chi connectivity index (χ1) is 9.69. The summed E-state index contributed by atoms with van der Waals surface area (Å²) < 4.78 is 27.4. The number of hydrogen-bond acceptors (Lipinski definition) is 3. The van der Waals surface area contributed by atoms with Gasteiger partial charge in [-0.05, 0) is 37.1 Å². The van der Waals surface area contributed by atoms with Crippen molar-refractivity contribution < 1.29 is 13.6 Å². The minimum atomic E-state index is -0.877. The average molecular weight is 276 g/mol. The summed E-state index contributed by atoms with van der Waals surface area (Å²) in [6.07, 6.45) is 1.07. The smallest absolute Gasteiger partial charge is 0.168 e. The molecule has 3 nitrogen and oxygen atoms in total. The highest BCUT2D eigenvalue weighted by Crippen LogP contribution is 2.30. The fourth-order valence-electron chi connectivity index (χ4n) is 2.65. The van der Waals surface area contributed by atoms with E-state index >= 15 is 0 Å². The molecule has 5 heteroatoms. The van der Waals surface area contributed by atoms with Crippen LogP contribution in [-0.2, 0) is 0 Å². The molecule has 3 rings (SSSR count). The van der Waals surface area contributed by atoms with Gasteiger partial charge in [0.05, 0.1) is 11.2 Å². The maximum Gasteiger partial charge on any atom is 0.168 e. The van der Waals surface area contributed by atoms with E-state index in [9.17, 15) is 13.6 Å². The Balaban J connectivity index is 2.14. The van der Waals surface area contributed by atoms with E-state index in [1.165, 1.54) is 12.1 Å². The Morgan fingerprint density at radius 3 is 2.90 bits per heavy atom. The van der Waals surface area contributed by atoms with Crippen molar-refractivity contribution in [1.29, 1.82) is 0 Å². The number of alkyl halides is 1. The van der Waals surface area contributed by atoms with E-state index < -0.39 is 6.17 Å². The first-order valence-corrected chi connectivity index (χ1v) is 6.62. The molecule has 0 N–H and O–H groups in total. The van der Waals surface area contributed by atoms with Crippen LogP contribution >= 0.6 is 0 Å². The van der Waals surface area contributed by atoms with E-state index in [-0.39, 0.29) is 18.1 Å². The van der Waals surface area contributed by atoms with Crippen molar-refractivity contribution in [1.82, 2.24) is 4.98 Å². The average Bonchev–Trinajstić information content (AvgIpc) is 2.47. The minimum Gasteiger partial charge on any atom is -0.367 e. The Bertz CT molecular complexity index is 660. The van der Waals surface area contributed by atoms with Crippen molar-refractivity contribution in [3.05, 3.63) is 35.8 Å². The maximum atomic E-state index is 13.8. The van der Waals surface area contributed by atoms with Gasteiger partial charge in [0.25, 0.3) is 0 Å². The van der Waals surface area contributed by atoms with Gasteiger partial charge in [-0.2, -0.15) is 0 Å². The zero-order chi connectivity index (χ0) is 14.1. The summed E-state index contributed by atoms with van der Waals surface area (Å²) in [4.78, 5) is 16.9. The van der Waals surface area contributed by atoms with Crippen molar-refractivity contribution in [3.63, 3.8) is 0 Å². The van der Waals surface area contributed by atoms with Gasteiger partial charge in [-0.25, -0.2) is 13.8 Å². The molecule has 0 saturated carbocycles. The first-order valence-electron chi connectivity index (χ1n) is 6.62. The van der Waals surface area contributed by atoms with E-state index in [1.807, 2.05) is 4.90 Å². The molecule has 1 fully saturated rings. The van der Waals surface area contributed by atoms with Crippen LogP contribution in [0.5, 0.6) is 0 Å². The van der Waals surface area contributed by atoms with Crippen molar-refractivity contribution in [2.75, 3.05) is 18.0 Å². The van der Waals surface area contributed by atoms with E-state index in [4.69, 9.17) is 0 Å². The molecule has 2 heterocycles. The minimum absolute atomic E-state index is 0.248. The molecule has 1 unspecified atom stereocenters. The molecular formula is C15H14F2N2O. The molecule has 0 aliphatic carbocycles. The van der Waals surface area contributed by atoms with Crippen LogP contribution in [0.1, 0.15) is 23.3 Å². The molecular weight excluding hydrogens is 262 g/mol. The fourth-order valence-corrected chi connectivity index (χ4v) is 2.65. The molecule has 1 aliphatic heterocycles. The maximum absolute atomic E-state index is 13.8. The quantitative estimate of drug-likeness (QED) is 0.790. The van der Waals surface area contributed by atoms with Crippen LogP contribution in [0, 0.1) is 5.82 Å². The van der Waals surface area contributed by atoms with E-state index in [2.05, 4.69) is 4.98 Å². The second-order valence-corrected chi connectivity index (χ2v) is 5.00. The van der Waals surface area contributed by atoms with Crippen LogP contribution in [0.3, 0.4) is 0 Å². The van der Waals surface area contributed by atoms with Crippen LogP contribution in [0.4, 0.5) is 14.5 Å². The van der Waals surface area contributed by atoms with Gasteiger partial charge in [0.15, 0.2) is 6.29 Å². The molecule has 104 valence electrons. The number of pyridine rings is 1. The summed E-state index contributed by atoms with van der Waals surface area (Å²) in [5, 5.41) is 0.356. The predicted molar refractivity (Wildman–Crippen MR) is 73.4 cm³/mol. The molecule has 1 aromatic heterocycles. The third-order valence-electron chi connectivity index (χ3n) is 3.63. The Morgan fingerprint density at radius 1 is 1.30 bits per heavy atom. The summed E-state index contributed by atoms with van der Waals surface area (Å²) in [5.41, 5.74) is 1.36. The van der Waals surface area contributed by atoms with Gasteiger partial charge in [0.2, 0.25) is 0 Å². The first kappa shape index (κ1) is 13.0. The number of rotatable bonds is 2. The normalized spacial score (nSPS) is 19.3. The summed E-state index contributed by atoms with van der Waals surface area (Å²) >= 11 is 0. The molecule has 1 saturated heterocycles. The topological polar surface area (TPSA) is 33.2 Å². The summed E-state index contributed by atoms with van der Waals surface area (Å²) in [5.74, 6) is -0.387. The monoisotopic (exact) mass is 276 g/mol. The second-order valence-electron chi connectivity index (χ2n) is 5.00. The molecule has 1 aromatic carbocycles. The molecule has 0 amide bonds. The van der Waals surface area contributed by atoms with Gasteiger partial charge in [-0.15, -0.1) is 0 Å². The highest BCUT2D eigenvalue weighted by molar-refractivity contribution is 5.93. The van der Waals surface area contributed by atoms with Crippen molar-refractivity contribution in [2.45, 2.75) is 19.0 Å². The lowest BCUT2D eigenvalue weighted by Crippen LogP contribution is -2.36. The molecule has 0 radical (unpaired) electrons. The summed E-state index contributed by atoms with van der Waals surface area (Å²) in [6.45, 7) is 1.00. The highest BCUT2D eigenvalue weighted by atomic mass is 19.1. The lowest BCUT2D eigenvalue weighted by molar-refractivity contribution is 0.111. The van der Waals surface area contributed by atoms with Gasteiger partial charge >= 0.3 is 0 Å². The van der Waals surface area contributed by atoms with Crippen molar-refractivity contribution in [3.8, 4) is 0 Å². The van der Waals surface area contributed by atoms with Gasteiger partial charge in [0, 0.05) is 18.5 Å². The van der Waals surface area contributed by atoms with Gasteiger partial charge in [-0.3, -0.25) is 4.79 Å². The molecule has 0 spiro atoms. The van der Waals surface area contributed by atoms with E-state index in [1.54, 1.807) is 12.1 Å². The van der Waals surface area contributed by atoms with Crippen LogP contribution in [0.25, 0.3) is 10.9 Å². The second kappa shape index (κ2) is 5.15. The molecule has 1 aliphatic rings. The number of fused-ring (bicyclic) bond motifs is 1. The summed E-state index contributed by atoms with van der Waals surface area (Å²) in [6, 6.07) is 6.00. The number of aromatic nitrogens is 1. The third kappa shape index (κ3) is 2.24. The number of hydrogen-bond donors (Lipinski definition) is 0. The standard InChI is InChI=1S/C15H14F2N2O/c16-10-2-1-7-19(8-10)14-6-5-13(17)12-4-3-11(9-20)18-15(12)14/h3-6,9-10H,1-2,7-8H2. The Morgan fingerprint density at radius 2 is 2.15 bits per heavy atom. The van der Waals surface area contributed by atoms with Gasteiger partial charge < -0.3 is 4.90 Å². The highest BCUT2D eigenvalue weighted by Gasteiger charge is 2.22. The number of nitrogens with zero attached hydrogens (tertiary/aromatic N) is 2. The number of piperidine rings is 1. The number of carbonyl (C=O) groups excluding carboxylic acids is 1. The molecule has 2 aromatic rings. The van der Waals surface area contributed by atoms with Crippen LogP contribution < -0.4 is 4.90 Å². The van der Waals surface area contributed by atoms with Gasteiger partial charge in [-0.1, -0.05) is 0 Å². The van der Waals surface area contributed by atoms with E-state index in [0.29, 0.717) is 35.8 Å². The van der Waals surface area contributed by atoms with E-state index in [0.717, 1.165) is 6.42 Å². The van der Waals surface area contributed by atoms with Crippen molar-refractivity contribution in [2.24, 2.45) is 0 Å². The zero-order valence-electron chi connectivity index (χ0n) is 10.9. The molecule has 20 heavy (non-hydrogen) atoms. The number of halogens is 2. The largest absolute Gasteiger partial charge is 0.367 e. The Hall–Kier alpha value is -2.04. The number of benzene rings is 1. The Labute approximate surface area is 115 Å². The summed E-state index contributed by atoms with van der Waals surface area (Å²) in [7, 11) is 0. The SMILES string of the molecule is O=Cc1ccc2c(F)ccc(N3CCCC(F)C3)c2n1. The predicted octanol–water partition coefficient (Wildman–Crippen LogP) is 3.12. The third-order valence-corrected chi connectivity index (χ3v) is 3.63. The number of anilines is 1. The van der Waals surface area contributed by atoms with Gasteiger partial charge in [0.1, 0.15) is 17.7 Å². The zero-order valence-corrected chi connectivity index (χ0v) is 10.9. The lowest BCUT2D eigenvalue weighted by Gasteiger charge is -2.31. The van der Waals surface area contributed by atoms with Crippen LogP contribution in [0.2, 0.25) is 0 Å².